The van der Waals surface area contributed by atoms with Crippen molar-refractivity contribution in [2.45, 2.75) is 32.3 Å². The zero-order valence-electron chi connectivity index (χ0n) is 18.6. The molecule has 1 heterocycles. The van der Waals surface area contributed by atoms with Crippen LogP contribution in [0.15, 0.2) is 83.7 Å². The molecule has 0 saturated carbocycles. The number of likely N-dealkylation sites (tertiary alicyclic amines) is 1. The quantitative estimate of drug-likeness (QED) is 0.698. The first-order valence-electron chi connectivity index (χ1n) is 11.3. The van der Waals surface area contributed by atoms with E-state index in [1.54, 1.807) is 4.90 Å². The highest BCUT2D eigenvalue weighted by molar-refractivity contribution is 5.95. The summed E-state index contributed by atoms with van der Waals surface area (Å²) in [5.41, 5.74) is 11.3. The molecule has 0 aromatic heterocycles. The molecule has 0 radical (unpaired) electrons. The molecule has 1 aliphatic carbocycles. The van der Waals surface area contributed by atoms with E-state index in [0.717, 1.165) is 36.8 Å². The average Bonchev–Trinajstić information content (AvgIpc) is 2.85. The maximum Gasteiger partial charge on any atom is 0.410 e. The molecule has 0 spiro atoms. The molecular formula is C27H29N3O3. The summed E-state index contributed by atoms with van der Waals surface area (Å²) in [6.07, 6.45) is 9.03. The number of nitrogens with one attached hydrogen (secondary N) is 1. The first kappa shape index (κ1) is 22.4. The molecule has 4 rings (SSSR count). The van der Waals surface area contributed by atoms with Crippen molar-refractivity contribution in [1.82, 2.24) is 10.2 Å². The lowest BCUT2D eigenvalue weighted by atomic mass is 10.0. The molecule has 2 aromatic rings. The first-order valence-corrected chi connectivity index (χ1v) is 11.3. The summed E-state index contributed by atoms with van der Waals surface area (Å²) in [4.78, 5) is 26.6. The van der Waals surface area contributed by atoms with Crippen molar-refractivity contribution in [3.63, 3.8) is 0 Å². The maximum atomic E-state index is 12.5. The number of carbonyl (C=O) groups is 2. The predicted octanol–water partition coefficient (Wildman–Crippen LogP) is 4.75. The number of piperidine rings is 1. The van der Waals surface area contributed by atoms with Gasteiger partial charge in [0.2, 0.25) is 0 Å². The van der Waals surface area contributed by atoms with Gasteiger partial charge in [-0.25, -0.2) is 4.79 Å². The van der Waals surface area contributed by atoms with Gasteiger partial charge in [-0.2, -0.15) is 0 Å². The number of ether oxygens (including phenoxy) is 1. The van der Waals surface area contributed by atoms with Gasteiger partial charge in [0.15, 0.2) is 0 Å². The van der Waals surface area contributed by atoms with Gasteiger partial charge in [0.1, 0.15) is 6.61 Å². The smallest absolute Gasteiger partial charge is 0.410 e. The number of nitrogens with zero attached hydrogens (tertiary/aromatic N) is 1. The molecular weight excluding hydrogens is 414 g/mol. The van der Waals surface area contributed by atoms with Crippen molar-refractivity contribution >= 4 is 18.1 Å². The lowest BCUT2D eigenvalue weighted by Crippen LogP contribution is -2.36. The summed E-state index contributed by atoms with van der Waals surface area (Å²) in [5.74, 6) is -0.166. The Labute approximate surface area is 194 Å². The number of benzene rings is 2. The Kier molecular flexibility index (Phi) is 7.25. The van der Waals surface area contributed by atoms with Gasteiger partial charge in [0.25, 0.3) is 5.91 Å². The molecule has 33 heavy (non-hydrogen) atoms. The highest BCUT2D eigenvalue weighted by Crippen LogP contribution is 2.21. The highest BCUT2D eigenvalue weighted by Gasteiger charge is 2.20. The van der Waals surface area contributed by atoms with Crippen molar-refractivity contribution in [3.05, 3.63) is 100 Å². The summed E-state index contributed by atoms with van der Waals surface area (Å²) in [6.45, 7) is 1.58. The minimum absolute atomic E-state index is 0.166. The zero-order chi connectivity index (χ0) is 23.0. The molecule has 3 N–H and O–H groups in total. The van der Waals surface area contributed by atoms with Crippen LogP contribution in [0.25, 0.3) is 6.08 Å². The van der Waals surface area contributed by atoms with Gasteiger partial charge in [-0.05, 0) is 55.0 Å². The zero-order valence-corrected chi connectivity index (χ0v) is 18.6. The standard InChI is InChI=1S/C27H29N3O3/c28-24-8-4-5-9-25(24)29-26(31)23-12-10-20(11-13-23)18-21-14-16-30(17-15-21)27(32)33-19-22-6-2-1-3-7-22/h1-3,5-7,9-13,18H,4,8,14-17,19,28H2,(H,29,31). The Balaban J connectivity index is 1.27. The van der Waals surface area contributed by atoms with E-state index in [-0.39, 0.29) is 12.0 Å². The third-order valence-electron chi connectivity index (χ3n) is 5.87. The molecule has 0 bridgehead atoms. The molecule has 0 atom stereocenters. The van der Waals surface area contributed by atoms with Crippen molar-refractivity contribution in [2.75, 3.05) is 13.1 Å². The summed E-state index contributed by atoms with van der Waals surface area (Å²) < 4.78 is 5.43. The third-order valence-corrected chi connectivity index (χ3v) is 5.87. The molecule has 170 valence electrons. The van der Waals surface area contributed by atoms with E-state index in [4.69, 9.17) is 10.5 Å². The number of allylic oxidation sites excluding steroid dienone is 3. The topological polar surface area (TPSA) is 84.7 Å². The number of nitrogens with two attached hydrogens (primary N) is 1. The molecule has 1 aliphatic heterocycles. The van der Waals surface area contributed by atoms with Crippen LogP contribution in [-0.4, -0.2) is 30.0 Å². The highest BCUT2D eigenvalue weighted by atomic mass is 16.6. The molecule has 6 heteroatoms. The molecule has 1 saturated heterocycles. The van der Waals surface area contributed by atoms with E-state index >= 15 is 0 Å². The van der Waals surface area contributed by atoms with Gasteiger partial charge in [-0.1, -0.05) is 60.2 Å². The normalized spacial score (nSPS) is 15.9. The van der Waals surface area contributed by atoms with Crippen molar-refractivity contribution < 1.29 is 14.3 Å². The van der Waals surface area contributed by atoms with Gasteiger partial charge in [-0.15, -0.1) is 0 Å². The van der Waals surface area contributed by atoms with Crippen LogP contribution in [0.1, 0.15) is 47.2 Å². The van der Waals surface area contributed by atoms with Crippen LogP contribution in [0, 0.1) is 0 Å². The number of rotatable bonds is 5. The van der Waals surface area contributed by atoms with E-state index in [2.05, 4.69) is 11.4 Å². The van der Waals surface area contributed by atoms with Crippen LogP contribution in [-0.2, 0) is 11.3 Å². The van der Waals surface area contributed by atoms with Gasteiger partial charge in [0, 0.05) is 24.4 Å². The fourth-order valence-corrected chi connectivity index (χ4v) is 3.90. The van der Waals surface area contributed by atoms with Crippen LogP contribution in [0.4, 0.5) is 4.79 Å². The molecule has 1 fully saturated rings. The molecule has 2 aliphatic rings. The van der Waals surface area contributed by atoms with Crippen molar-refractivity contribution in [1.29, 1.82) is 0 Å². The lowest BCUT2D eigenvalue weighted by Gasteiger charge is -2.27. The minimum Gasteiger partial charge on any atom is -0.445 e. The van der Waals surface area contributed by atoms with E-state index in [0.29, 0.717) is 36.7 Å². The van der Waals surface area contributed by atoms with Crippen LogP contribution >= 0.6 is 0 Å². The summed E-state index contributed by atoms with van der Waals surface area (Å²) in [7, 11) is 0. The van der Waals surface area contributed by atoms with Crippen LogP contribution in [0.5, 0.6) is 0 Å². The largest absolute Gasteiger partial charge is 0.445 e. The number of hydrogen-bond donors (Lipinski definition) is 2. The average molecular weight is 444 g/mol. The SMILES string of the molecule is NC1=C(NC(=O)c2ccc(C=C3CCN(C(=O)OCc4ccccc4)CC3)cc2)C=CCC1. The Morgan fingerprint density at radius 3 is 2.42 bits per heavy atom. The van der Waals surface area contributed by atoms with Crippen LogP contribution in [0.2, 0.25) is 0 Å². The van der Waals surface area contributed by atoms with E-state index in [1.165, 1.54) is 5.57 Å². The Morgan fingerprint density at radius 2 is 1.73 bits per heavy atom. The number of carbonyl (C=O) groups excluding carboxylic acids is 2. The molecule has 2 amide bonds. The fraction of sp³-hybridized carbons (Fsp3) is 0.259. The van der Waals surface area contributed by atoms with Crippen molar-refractivity contribution in [3.8, 4) is 0 Å². The second-order valence-corrected chi connectivity index (χ2v) is 8.29. The predicted molar refractivity (Wildman–Crippen MR) is 129 cm³/mol. The lowest BCUT2D eigenvalue weighted by molar-refractivity contribution is 0.0934. The van der Waals surface area contributed by atoms with E-state index < -0.39 is 0 Å². The molecule has 6 nitrogen and oxygen atoms in total. The Hall–Kier alpha value is -3.80. The van der Waals surface area contributed by atoms with Crippen LogP contribution < -0.4 is 11.1 Å². The van der Waals surface area contributed by atoms with Crippen LogP contribution in [0.3, 0.4) is 0 Å². The molecule has 0 unspecified atom stereocenters. The Morgan fingerprint density at radius 1 is 1.00 bits per heavy atom. The minimum atomic E-state index is -0.267. The van der Waals surface area contributed by atoms with E-state index in [1.807, 2.05) is 66.7 Å². The van der Waals surface area contributed by atoms with E-state index in [9.17, 15) is 9.59 Å². The summed E-state index contributed by atoms with van der Waals surface area (Å²) >= 11 is 0. The number of hydrogen-bond acceptors (Lipinski definition) is 4. The molecule has 2 aromatic carbocycles. The third kappa shape index (κ3) is 6.13. The number of amides is 2. The first-order chi connectivity index (χ1) is 16.1. The second-order valence-electron chi connectivity index (χ2n) is 8.29. The van der Waals surface area contributed by atoms with Gasteiger partial charge in [-0.3, -0.25) is 4.79 Å². The summed E-state index contributed by atoms with van der Waals surface area (Å²) in [6, 6.07) is 17.2. The fourth-order valence-electron chi connectivity index (χ4n) is 3.90. The van der Waals surface area contributed by atoms with Crippen molar-refractivity contribution in [2.24, 2.45) is 5.73 Å². The second kappa shape index (κ2) is 10.7. The van der Waals surface area contributed by atoms with Gasteiger partial charge < -0.3 is 20.7 Å². The maximum absolute atomic E-state index is 12.5. The van der Waals surface area contributed by atoms with Gasteiger partial charge in [0.05, 0.1) is 5.70 Å². The summed E-state index contributed by atoms with van der Waals surface area (Å²) in [5, 5.41) is 2.89. The Bertz CT molecular complexity index is 1080. The monoisotopic (exact) mass is 443 g/mol. The van der Waals surface area contributed by atoms with Gasteiger partial charge >= 0.3 is 6.09 Å².